The number of rotatable bonds is 2. The summed E-state index contributed by atoms with van der Waals surface area (Å²) in [6, 6.07) is 19.7. The van der Waals surface area contributed by atoms with Crippen LogP contribution < -0.4 is 0 Å². The Kier molecular flexibility index (Phi) is 3.01. The number of alkyl halides is 1. The number of allylic oxidation sites excluding steroid dienone is 2. The number of hydrogen-bond acceptors (Lipinski definition) is 2. The Labute approximate surface area is 143 Å². The molecular weight excluding hydrogens is 352 g/mol. The molecule has 23 heavy (non-hydrogen) atoms. The summed E-state index contributed by atoms with van der Waals surface area (Å²) in [4.78, 5) is 25.6. The van der Waals surface area contributed by atoms with Crippen molar-refractivity contribution < 1.29 is 9.59 Å². The van der Waals surface area contributed by atoms with E-state index in [1.807, 2.05) is 60.7 Å². The molecule has 0 saturated heterocycles. The van der Waals surface area contributed by atoms with Crippen LogP contribution in [-0.2, 0) is 15.0 Å². The minimum atomic E-state index is -0.876. The van der Waals surface area contributed by atoms with Gasteiger partial charge in [-0.2, -0.15) is 0 Å². The van der Waals surface area contributed by atoms with E-state index in [-0.39, 0.29) is 11.6 Å². The number of hydrogen-bond donors (Lipinski definition) is 0. The van der Waals surface area contributed by atoms with E-state index in [2.05, 4.69) is 15.9 Å². The first-order valence-electron chi connectivity index (χ1n) is 7.61. The predicted molar refractivity (Wildman–Crippen MR) is 92.6 cm³/mol. The number of carbonyl (C=O) groups excluding carboxylic acids is 2. The molecule has 0 bridgehead atoms. The van der Waals surface area contributed by atoms with Gasteiger partial charge in [0.15, 0.2) is 11.6 Å². The van der Waals surface area contributed by atoms with Crippen molar-refractivity contribution in [3.05, 3.63) is 83.4 Å². The van der Waals surface area contributed by atoms with Gasteiger partial charge < -0.3 is 0 Å². The van der Waals surface area contributed by atoms with Gasteiger partial charge in [-0.15, -0.1) is 0 Å². The van der Waals surface area contributed by atoms with Gasteiger partial charge in [0.05, 0.1) is 11.3 Å². The smallest absolute Gasteiger partial charge is 0.174 e. The van der Waals surface area contributed by atoms with Crippen molar-refractivity contribution in [2.75, 3.05) is 0 Å². The topological polar surface area (TPSA) is 34.1 Å². The van der Waals surface area contributed by atoms with E-state index in [1.54, 1.807) is 6.92 Å². The van der Waals surface area contributed by atoms with Gasteiger partial charge in [-0.25, -0.2) is 0 Å². The zero-order chi connectivity index (χ0) is 16.2. The second-order valence-corrected chi connectivity index (χ2v) is 7.49. The maximum atomic E-state index is 12.8. The van der Waals surface area contributed by atoms with Gasteiger partial charge >= 0.3 is 0 Å². The lowest BCUT2D eigenvalue weighted by Crippen LogP contribution is -2.28. The molecule has 0 amide bonds. The minimum Gasteiger partial charge on any atom is -0.294 e. The predicted octanol–water partition coefficient (Wildman–Crippen LogP) is 3.83. The van der Waals surface area contributed by atoms with E-state index < -0.39 is 15.7 Å². The largest absolute Gasteiger partial charge is 0.294 e. The molecule has 0 spiro atoms. The fraction of sp³-hybridized carbons (Fsp3) is 0.200. The van der Waals surface area contributed by atoms with Crippen LogP contribution in [0.3, 0.4) is 0 Å². The third kappa shape index (κ3) is 1.63. The molecule has 0 radical (unpaired) electrons. The fourth-order valence-corrected chi connectivity index (χ4v) is 5.31. The van der Waals surface area contributed by atoms with Crippen molar-refractivity contribution in [2.45, 2.75) is 16.7 Å². The highest BCUT2D eigenvalue weighted by atomic mass is 79.9. The standard InChI is InChI=1S/C20H15BrO2/c1-13-12-16(22)20(21)18(17(13)23)19(20,14-8-4-2-5-9-14)15-10-6-3-7-11-15/h2-12,18H,1H3. The van der Waals surface area contributed by atoms with Crippen LogP contribution in [0.1, 0.15) is 18.1 Å². The zero-order valence-corrected chi connectivity index (χ0v) is 14.2. The molecule has 2 aliphatic carbocycles. The van der Waals surface area contributed by atoms with E-state index in [9.17, 15) is 9.59 Å². The Morgan fingerprint density at radius 3 is 1.83 bits per heavy atom. The summed E-state index contributed by atoms with van der Waals surface area (Å²) < 4.78 is -0.876. The molecule has 2 aromatic carbocycles. The quantitative estimate of drug-likeness (QED) is 0.756. The van der Waals surface area contributed by atoms with Crippen molar-refractivity contribution in [1.29, 1.82) is 0 Å². The van der Waals surface area contributed by atoms with Crippen molar-refractivity contribution in [1.82, 2.24) is 0 Å². The molecule has 0 aromatic heterocycles. The molecule has 2 atom stereocenters. The molecule has 2 aliphatic rings. The van der Waals surface area contributed by atoms with Crippen LogP contribution in [0.15, 0.2) is 72.3 Å². The van der Waals surface area contributed by atoms with Gasteiger partial charge in [-0.05, 0) is 29.7 Å². The van der Waals surface area contributed by atoms with Crippen molar-refractivity contribution in [3.8, 4) is 0 Å². The van der Waals surface area contributed by atoms with Crippen LogP contribution in [0.25, 0.3) is 0 Å². The van der Waals surface area contributed by atoms with Gasteiger partial charge in [0.25, 0.3) is 0 Å². The van der Waals surface area contributed by atoms with Crippen LogP contribution in [-0.4, -0.2) is 15.9 Å². The second-order valence-electron chi connectivity index (χ2n) is 6.24. The summed E-state index contributed by atoms with van der Waals surface area (Å²) in [7, 11) is 0. The van der Waals surface area contributed by atoms with Crippen LogP contribution in [0, 0.1) is 5.92 Å². The summed E-state index contributed by atoms with van der Waals surface area (Å²) in [5.74, 6) is -0.362. The summed E-state index contributed by atoms with van der Waals surface area (Å²) in [6.07, 6.45) is 1.49. The molecule has 2 aromatic rings. The summed E-state index contributed by atoms with van der Waals surface area (Å²) in [6.45, 7) is 1.73. The Morgan fingerprint density at radius 1 is 0.870 bits per heavy atom. The van der Waals surface area contributed by atoms with E-state index in [4.69, 9.17) is 0 Å². The highest BCUT2D eigenvalue weighted by Crippen LogP contribution is 2.73. The lowest BCUT2D eigenvalue weighted by Gasteiger charge is -2.21. The highest BCUT2D eigenvalue weighted by molar-refractivity contribution is 9.10. The molecule has 0 heterocycles. The SMILES string of the molecule is CC1=CC(=O)C2(Br)C(C1=O)C2(c1ccccc1)c1ccccc1. The highest BCUT2D eigenvalue weighted by Gasteiger charge is 2.83. The molecule has 1 fully saturated rings. The monoisotopic (exact) mass is 366 g/mol. The number of halogens is 1. The van der Waals surface area contributed by atoms with Gasteiger partial charge in [-0.1, -0.05) is 76.6 Å². The first-order valence-corrected chi connectivity index (χ1v) is 8.40. The van der Waals surface area contributed by atoms with Crippen LogP contribution >= 0.6 is 15.9 Å². The lowest BCUT2D eigenvalue weighted by atomic mass is 9.83. The van der Waals surface area contributed by atoms with Crippen molar-refractivity contribution in [3.63, 3.8) is 0 Å². The third-order valence-corrected chi connectivity index (χ3v) is 6.61. The molecule has 3 heteroatoms. The number of ketones is 2. The second kappa shape index (κ2) is 4.75. The zero-order valence-electron chi connectivity index (χ0n) is 12.6. The fourth-order valence-electron chi connectivity index (χ4n) is 4.08. The first-order chi connectivity index (χ1) is 11.0. The maximum absolute atomic E-state index is 12.8. The number of Topliss-reactive ketones (excluding diaryl/α,β-unsaturated/α-hetero) is 1. The molecule has 0 aliphatic heterocycles. The minimum absolute atomic E-state index is 0.0210. The van der Waals surface area contributed by atoms with Gasteiger partial charge in [-0.3, -0.25) is 9.59 Å². The number of fused-ring (bicyclic) bond motifs is 1. The average molecular weight is 367 g/mol. The number of benzene rings is 2. The summed E-state index contributed by atoms with van der Waals surface area (Å²) in [5, 5.41) is 0. The maximum Gasteiger partial charge on any atom is 0.174 e. The lowest BCUT2D eigenvalue weighted by molar-refractivity contribution is -0.121. The Balaban J connectivity index is 2.02. The Bertz CT molecular complexity index is 799. The normalized spacial score (nSPS) is 28.1. The van der Waals surface area contributed by atoms with Crippen LogP contribution in [0.2, 0.25) is 0 Å². The third-order valence-electron chi connectivity index (χ3n) is 5.14. The van der Waals surface area contributed by atoms with E-state index in [0.29, 0.717) is 5.57 Å². The molecule has 1 saturated carbocycles. The van der Waals surface area contributed by atoms with Crippen LogP contribution in [0.4, 0.5) is 0 Å². The molecular formula is C20H15BrO2. The molecule has 4 rings (SSSR count). The average Bonchev–Trinajstić information content (AvgIpc) is 3.18. The van der Waals surface area contributed by atoms with Gasteiger partial charge in [0.1, 0.15) is 4.32 Å². The van der Waals surface area contributed by atoms with Crippen LogP contribution in [0.5, 0.6) is 0 Å². The van der Waals surface area contributed by atoms with Crippen molar-refractivity contribution in [2.24, 2.45) is 5.92 Å². The van der Waals surface area contributed by atoms with E-state index in [0.717, 1.165) is 11.1 Å². The molecule has 2 unspecified atom stereocenters. The molecule has 0 N–H and O–H groups in total. The Hall–Kier alpha value is -2.00. The molecule has 2 nitrogen and oxygen atoms in total. The summed E-state index contributed by atoms with van der Waals surface area (Å²) >= 11 is 3.68. The molecule has 114 valence electrons. The first kappa shape index (κ1) is 14.6. The number of carbonyl (C=O) groups is 2. The van der Waals surface area contributed by atoms with Gasteiger partial charge in [0.2, 0.25) is 0 Å². The van der Waals surface area contributed by atoms with E-state index >= 15 is 0 Å². The Morgan fingerprint density at radius 2 is 1.35 bits per heavy atom. The van der Waals surface area contributed by atoms with Crippen molar-refractivity contribution >= 4 is 27.5 Å². The summed E-state index contributed by atoms with van der Waals surface area (Å²) in [5.41, 5.74) is 1.90. The van der Waals surface area contributed by atoms with Gasteiger partial charge in [0, 0.05) is 0 Å². The van der Waals surface area contributed by atoms with E-state index in [1.165, 1.54) is 6.08 Å².